The van der Waals surface area contributed by atoms with Gasteiger partial charge in [-0.15, -0.1) is 0 Å². The van der Waals surface area contributed by atoms with Crippen LogP contribution in [0.2, 0.25) is 0 Å². The molecule has 0 saturated heterocycles. The number of hydrogen-bond acceptors (Lipinski definition) is 4. The van der Waals surface area contributed by atoms with E-state index in [1.165, 1.54) is 0 Å². The van der Waals surface area contributed by atoms with Gasteiger partial charge in [0.1, 0.15) is 6.54 Å². The van der Waals surface area contributed by atoms with E-state index in [-0.39, 0.29) is 18.5 Å². The van der Waals surface area contributed by atoms with Crippen molar-refractivity contribution in [1.82, 2.24) is 29.9 Å². The van der Waals surface area contributed by atoms with Crippen molar-refractivity contribution in [1.29, 1.82) is 0 Å². The molecule has 3 heterocycles. The fourth-order valence-corrected chi connectivity index (χ4v) is 3.60. The van der Waals surface area contributed by atoms with Crippen molar-refractivity contribution in [2.45, 2.75) is 39.9 Å². The van der Waals surface area contributed by atoms with Crippen LogP contribution in [-0.4, -0.2) is 36.5 Å². The second-order valence-electron chi connectivity index (χ2n) is 7.31. The third kappa shape index (κ3) is 4.03. The molecule has 1 atom stereocenters. The van der Waals surface area contributed by atoms with Crippen molar-refractivity contribution in [3.05, 3.63) is 66.2 Å². The molecule has 0 bridgehead atoms. The Bertz CT molecular complexity index is 1140. The van der Waals surface area contributed by atoms with Crippen molar-refractivity contribution in [2.75, 3.05) is 0 Å². The average Bonchev–Trinajstić information content (AvgIpc) is 3.25. The number of nitrogens with zero attached hydrogens (tertiary/aromatic N) is 5. The molecule has 0 aliphatic carbocycles. The molecule has 29 heavy (non-hydrogen) atoms. The van der Waals surface area contributed by atoms with Crippen LogP contribution < -0.4 is 5.32 Å². The van der Waals surface area contributed by atoms with E-state index < -0.39 is 0 Å². The lowest BCUT2D eigenvalue weighted by Crippen LogP contribution is -2.38. The lowest BCUT2D eigenvalue weighted by molar-refractivity contribution is -0.122. The van der Waals surface area contributed by atoms with Gasteiger partial charge in [0.2, 0.25) is 5.91 Å². The molecular weight excluding hydrogens is 364 g/mol. The number of rotatable bonds is 6. The first-order valence-corrected chi connectivity index (χ1v) is 9.68. The molecule has 148 valence electrons. The molecule has 0 spiro atoms. The topological polar surface area (TPSA) is 77.6 Å². The van der Waals surface area contributed by atoms with Crippen molar-refractivity contribution in [3.63, 3.8) is 0 Å². The monoisotopic (exact) mass is 388 g/mol. The first-order chi connectivity index (χ1) is 14.0. The first kappa shape index (κ1) is 18.9. The maximum atomic E-state index is 12.6. The number of benzene rings is 1. The molecular formula is C22H24N6O. The highest BCUT2D eigenvalue weighted by molar-refractivity contribution is 5.95. The molecule has 1 amide bonds. The summed E-state index contributed by atoms with van der Waals surface area (Å²) in [5.41, 5.74) is 4.72. The zero-order chi connectivity index (χ0) is 20.4. The smallest absolute Gasteiger partial charge is 0.242 e. The molecule has 4 aromatic rings. The number of carbonyl (C=O) groups excluding carboxylic acids is 1. The van der Waals surface area contributed by atoms with Gasteiger partial charge in [-0.1, -0.05) is 30.3 Å². The van der Waals surface area contributed by atoms with Gasteiger partial charge in [-0.05, 0) is 44.0 Å². The zero-order valence-electron chi connectivity index (χ0n) is 16.8. The van der Waals surface area contributed by atoms with Crippen LogP contribution in [0.5, 0.6) is 0 Å². The minimum Gasteiger partial charge on any atom is -0.350 e. The van der Waals surface area contributed by atoms with Crippen LogP contribution in [-0.2, 0) is 17.9 Å². The van der Waals surface area contributed by atoms with Crippen molar-refractivity contribution in [2.24, 2.45) is 0 Å². The van der Waals surface area contributed by atoms with Crippen molar-refractivity contribution < 1.29 is 4.79 Å². The molecule has 0 fully saturated rings. The van der Waals surface area contributed by atoms with Crippen LogP contribution in [0.1, 0.15) is 18.3 Å². The minimum absolute atomic E-state index is 0.0439. The number of amides is 1. The minimum atomic E-state index is -0.0994. The van der Waals surface area contributed by atoms with E-state index in [0.29, 0.717) is 12.2 Å². The van der Waals surface area contributed by atoms with E-state index in [2.05, 4.69) is 32.6 Å². The summed E-state index contributed by atoms with van der Waals surface area (Å²) in [4.78, 5) is 17.1. The van der Waals surface area contributed by atoms with Crippen LogP contribution in [0.25, 0.3) is 22.2 Å². The second kappa shape index (κ2) is 7.87. The third-order valence-electron chi connectivity index (χ3n) is 4.83. The Labute approximate surface area is 169 Å². The first-order valence-electron chi connectivity index (χ1n) is 9.68. The summed E-state index contributed by atoms with van der Waals surface area (Å²) in [7, 11) is 0. The molecule has 4 rings (SSSR count). The number of aryl methyl sites for hydroxylation is 2. The van der Waals surface area contributed by atoms with Crippen LogP contribution in [0.4, 0.5) is 0 Å². The predicted octanol–water partition coefficient (Wildman–Crippen LogP) is 3.12. The highest BCUT2D eigenvalue weighted by Crippen LogP contribution is 2.29. The highest BCUT2D eigenvalue weighted by Gasteiger charge is 2.16. The molecule has 1 unspecified atom stereocenters. The van der Waals surface area contributed by atoms with E-state index in [4.69, 9.17) is 0 Å². The molecule has 0 aliphatic heterocycles. The Morgan fingerprint density at radius 3 is 2.62 bits per heavy atom. The van der Waals surface area contributed by atoms with E-state index in [0.717, 1.165) is 27.9 Å². The average molecular weight is 388 g/mol. The summed E-state index contributed by atoms with van der Waals surface area (Å²) in [5, 5.41) is 12.9. The summed E-state index contributed by atoms with van der Waals surface area (Å²) in [5.74, 6) is -0.0994. The van der Waals surface area contributed by atoms with E-state index in [1.54, 1.807) is 10.9 Å². The van der Waals surface area contributed by atoms with E-state index >= 15 is 0 Å². The van der Waals surface area contributed by atoms with Gasteiger partial charge in [0.15, 0.2) is 5.65 Å². The lowest BCUT2D eigenvalue weighted by Gasteiger charge is -2.14. The Kier molecular flexibility index (Phi) is 5.12. The zero-order valence-corrected chi connectivity index (χ0v) is 16.8. The number of fused-ring (bicyclic) bond motifs is 1. The number of hydrogen-bond donors (Lipinski definition) is 1. The normalized spacial score (nSPS) is 12.2. The molecule has 1 N–H and O–H groups in total. The number of aromatic nitrogens is 5. The third-order valence-corrected chi connectivity index (χ3v) is 4.83. The maximum Gasteiger partial charge on any atom is 0.242 e. The van der Waals surface area contributed by atoms with Crippen LogP contribution in [0.3, 0.4) is 0 Å². The van der Waals surface area contributed by atoms with Crippen molar-refractivity contribution >= 4 is 16.9 Å². The summed E-state index contributed by atoms with van der Waals surface area (Å²) in [6.07, 6.45) is 3.68. The SMILES string of the molecule is Cc1ccn(CC(C)NC(=O)Cn2nc(C)c3c(-c4ccccc4)ccnc32)n1. The summed E-state index contributed by atoms with van der Waals surface area (Å²) in [6.45, 7) is 6.61. The van der Waals surface area contributed by atoms with Gasteiger partial charge in [0, 0.05) is 23.8 Å². The Morgan fingerprint density at radius 1 is 1.10 bits per heavy atom. The summed E-state index contributed by atoms with van der Waals surface area (Å²) < 4.78 is 3.51. The van der Waals surface area contributed by atoms with Gasteiger partial charge >= 0.3 is 0 Å². The standard InChI is InChI=1S/C22H24N6O/c1-15-10-12-27(25-15)13-16(2)24-20(29)14-28-22-21(17(3)26-28)19(9-11-23-22)18-7-5-4-6-8-18/h4-12,16H,13-14H2,1-3H3,(H,24,29). The molecule has 3 aromatic heterocycles. The Balaban J connectivity index is 1.53. The van der Waals surface area contributed by atoms with Crippen LogP contribution in [0, 0.1) is 13.8 Å². The summed E-state index contributed by atoms with van der Waals surface area (Å²) >= 11 is 0. The molecule has 0 saturated carbocycles. The number of nitrogens with one attached hydrogen (secondary N) is 1. The van der Waals surface area contributed by atoms with Crippen molar-refractivity contribution in [3.8, 4) is 11.1 Å². The quantitative estimate of drug-likeness (QED) is 0.551. The Morgan fingerprint density at radius 2 is 1.90 bits per heavy atom. The molecule has 1 aromatic carbocycles. The highest BCUT2D eigenvalue weighted by atomic mass is 16.2. The van der Waals surface area contributed by atoms with Gasteiger partial charge in [-0.2, -0.15) is 10.2 Å². The van der Waals surface area contributed by atoms with Gasteiger partial charge < -0.3 is 5.32 Å². The van der Waals surface area contributed by atoms with Gasteiger partial charge in [0.25, 0.3) is 0 Å². The summed E-state index contributed by atoms with van der Waals surface area (Å²) in [6, 6.07) is 14.0. The Hall–Kier alpha value is -3.48. The molecule has 0 radical (unpaired) electrons. The van der Waals surface area contributed by atoms with E-state index in [9.17, 15) is 4.79 Å². The maximum absolute atomic E-state index is 12.6. The van der Waals surface area contributed by atoms with Crippen LogP contribution in [0.15, 0.2) is 54.9 Å². The number of carbonyl (C=O) groups is 1. The fourth-order valence-electron chi connectivity index (χ4n) is 3.60. The largest absolute Gasteiger partial charge is 0.350 e. The van der Waals surface area contributed by atoms with Gasteiger partial charge in [-0.25, -0.2) is 9.67 Å². The number of pyridine rings is 1. The van der Waals surface area contributed by atoms with Crippen LogP contribution >= 0.6 is 0 Å². The molecule has 7 nitrogen and oxygen atoms in total. The second-order valence-corrected chi connectivity index (χ2v) is 7.31. The molecule has 0 aliphatic rings. The fraction of sp³-hybridized carbons (Fsp3) is 0.273. The lowest BCUT2D eigenvalue weighted by atomic mass is 10.0. The van der Waals surface area contributed by atoms with Gasteiger partial charge in [0.05, 0.1) is 17.9 Å². The van der Waals surface area contributed by atoms with E-state index in [1.807, 2.05) is 62.0 Å². The predicted molar refractivity (Wildman–Crippen MR) is 112 cm³/mol. The van der Waals surface area contributed by atoms with Gasteiger partial charge in [-0.3, -0.25) is 9.48 Å². The molecule has 7 heteroatoms.